The molecule has 6 heteroatoms. The minimum Gasteiger partial charge on any atom is -0.496 e. The van der Waals surface area contributed by atoms with Crippen molar-refractivity contribution < 1.29 is 9.26 Å². The van der Waals surface area contributed by atoms with Crippen molar-refractivity contribution in [3.05, 3.63) is 36.7 Å². The fourth-order valence-electron chi connectivity index (χ4n) is 1.64. The smallest absolute Gasteiger partial charge is 0.262 e. The van der Waals surface area contributed by atoms with Gasteiger partial charge < -0.3 is 14.2 Å². The molecular weight excluding hydrogens is 232 g/mol. The van der Waals surface area contributed by atoms with Gasteiger partial charge in [-0.05, 0) is 12.1 Å². The number of nitrogens with zero attached hydrogens (tertiary/aromatic N) is 3. The number of aromatic nitrogens is 4. The van der Waals surface area contributed by atoms with Gasteiger partial charge in [-0.15, -0.1) is 0 Å². The van der Waals surface area contributed by atoms with Gasteiger partial charge in [-0.2, -0.15) is 4.98 Å². The first kappa shape index (κ1) is 10.5. The van der Waals surface area contributed by atoms with Crippen LogP contribution in [0.3, 0.4) is 0 Å². The molecule has 0 bridgehead atoms. The van der Waals surface area contributed by atoms with Crippen LogP contribution in [0.5, 0.6) is 5.75 Å². The highest BCUT2D eigenvalue weighted by Crippen LogP contribution is 2.28. The summed E-state index contributed by atoms with van der Waals surface area (Å²) in [4.78, 5) is 11.3. The molecule has 3 rings (SSSR count). The summed E-state index contributed by atoms with van der Waals surface area (Å²) in [5, 5.41) is 3.88. The molecule has 0 saturated carbocycles. The molecule has 0 spiro atoms. The number of H-pyrrole nitrogens is 1. The minimum atomic E-state index is 0.402. The van der Waals surface area contributed by atoms with Crippen LogP contribution in [-0.4, -0.2) is 27.2 Å². The summed E-state index contributed by atoms with van der Waals surface area (Å²) >= 11 is 0. The summed E-state index contributed by atoms with van der Waals surface area (Å²) in [7, 11) is 1.60. The lowest BCUT2D eigenvalue weighted by atomic mass is 10.2. The molecule has 90 valence electrons. The Labute approximate surface area is 103 Å². The maximum absolute atomic E-state index is 5.25. The van der Waals surface area contributed by atoms with Gasteiger partial charge >= 0.3 is 0 Å². The van der Waals surface area contributed by atoms with E-state index in [1.807, 2.05) is 24.3 Å². The van der Waals surface area contributed by atoms with E-state index in [0.717, 1.165) is 5.56 Å². The first-order chi connectivity index (χ1) is 8.88. The van der Waals surface area contributed by atoms with Crippen LogP contribution >= 0.6 is 0 Å². The van der Waals surface area contributed by atoms with E-state index >= 15 is 0 Å². The average molecular weight is 242 g/mol. The molecular formula is C12H10N4O2. The summed E-state index contributed by atoms with van der Waals surface area (Å²) in [5.74, 6) is 2.08. The number of benzene rings is 1. The second-order valence-corrected chi connectivity index (χ2v) is 3.56. The molecule has 0 aliphatic heterocycles. The quantitative estimate of drug-likeness (QED) is 0.761. The third-order valence-corrected chi connectivity index (χ3v) is 2.47. The van der Waals surface area contributed by atoms with Crippen molar-refractivity contribution in [2.24, 2.45) is 0 Å². The van der Waals surface area contributed by atoms with Crippen molar-refractivity contribution in [2.75, 3.05) is 7.11 Å². The van der Waals surface area contributed by atoms with Crippen molar-refractivity contribution in [3.8, 4) is 28.9 Å². The number of aromatic amines is 1. The van der Waals surface area contributed by atoms with Crippen LogP contribution in [0.25, 0.3) is 23.1 Å². The number of methoxy groups -OCH3 is 1. The molecule has 1 aromatic carbocycles. The van der Waals surface area contributed by atoms with Crippen LogP contribution in [0.4, 0.5) is 0 Å². The van der Waals surface area contributed by atoms with Gasteiger partial charge in [-0.25, -0.2) is 4.98 Å². The Morgan fingerprint density at radius 1 is 1.28 bits per heavy atom. The van der Waals surface area contributed by atoms with Gasteiger partial charge in [0.2, 0.25) is 5.82 Å². The summed E-state index contributed by atoms with van der Waals surface area (Å²) in [6.07, 6.45) is 3.34. The third-order valence-electron chi connectivity index (χ3n) is 2.47. The molecule has 0 aliphatic rings. The predicted molar refractivity (Wildman–Crippen MR) is 63.9 cm³/mol. The molecule has 18 heavy (non-hydrogen) atoms. The maximum Gasteiger partial charge on any atom is 0.262 e. The Morgan fingerprint density at radius 3 is 2.94 bits per heavy atom. The van der Waals surface area contributed by atoms with Crippen LogP contribution < -0.4 is 4.74 Å². The zero-order valence-electron chi connectivity index (χ0n) is 9.62. The lowest BCUT2D eigenvalue weighted by Crippen LogP contribution is -1.87. The Kier molecular flexibility index (Phi) is 2.53. The van der Waals surface area contributed by atoms with Crippen LogP contribution in [-0.2, 0) is 0 Å². The predicted octanol–water partition coefficient (Wildman–Crippen LogP) is 2.14. The van der Waals surface area contributed by atoms with Crippen molar-refractivity contribution in [1.29, 1.82) is 0 Å². The number of hydrogen-bond acceptors (Lipinski definition) is 5. The van der Waals surface area contributed by atoms with Crippen molar-refractivity contribution in [2.45, 2.75) is 0 Å². The van der Waals surface area contributed by atoms with Gasteiger partial charge in [0.25, 0.3) is 5.89 Å². The zero-order valence-corrected chi connectivity index (χ0v) is 9.62. The van der Waals surface area contributed by atoms with Crippen LogP contribution in [0.1, 0.15) is 0 Å². The standard InChI is InChI=1S/C12H10N4O2/c1-17-9-5-3-2-4-8(9)12-15-11(16-18-12)10-13-6-7-14-10/h2-7H,1H3,(H,13,14). The van der Waals surface area contributed by atoms with E-state index in [4.69, 9.17) is 9.26 Å². The fraction of sp³-hybridized carbons (Fsp3) is 0.0833. The van der Waals surface area contributed by atoms with Crippen molar-refractivity contribution in [1.82, 2.24) is 20.1 Å². The highest BCUT2D eigenvalue weighted by molar-refractivity contribution is 5.63. The topological polar surface area (TPSA) is 76.8 Å². The molecule has 2 heterocycles. The first-order valence-electron chi connectivity index (χ1n) is 5.35. The van der Waals surface area contributed by atoms with Crippen LogP contribution in [0.15, 0.2) is 41.2 Å². The molecule has 0 aliphatic carbocycles. The van der Waals surface area contributed by atoms with Crippen LogP contribution in [0, 0.1) is 0 Å². The van der Waals surface area contributed by atoms with E-state index in [2.05, 4.69) is 20.1 Å². The highest BCUT2D eigenvalue weighted by atomic mass is 16.5. The third kappa shape index (κ3) is 1.73. The van der Waals surface area contributed by atoms with Gasteiger partial charge in [-0.1, -0.05) is 17.3 Å². The molecule has 0 fully saturated rings. The second-order valence-electron chi connectivity index (χ2n) is 3.56. The van der Waals surface area contributed by atoms with E-state index in [9.17, 15) is 0 Å². The lowest BCUT2D eigenvalue weighted by Gasteiger charge is -2.02. The summed E-state index contributed by atoms with van der Waals surface area (Å²) < 4.78 is 10.5. The highest BCUT2D eigenvalue weighted by Gasteiger charge is 2.15. The molecule has 2 aromatic heterocycles. The molecule has 0 radical (unpaired) electrons. The largest absolute Gasteiger partial charge is 0.496 e. The molecule has 0 amide bonds. The molecule has 0 unspecified atom stereocenters. The van der Waals surface area contributed by atoms with E-state index in [1.54, 1.807) is 19.5 Å². The zero-order chi connectivity index (χ0) is 12.4. The normalized spacial score (nSPS) is 10.5. The summed E-state index contributed by atoms with van der Waals surface area (Å²) in [5.41, 5.74) is 0.755. The number of para-hydroxylation sites is 1. The molecule has 0 saturated heterocycles. The minimum absolute atomic E-state index is 0.402. The Hall–Kier alpha value is -2.63. The average Bonchev–Trinajstić information content (AvgIpc) is 3.09. The summed E-state index contributed by atoms with van der Waals surface area (Å²) in [6.45, 7) is 0. The number of ether oxygens (including phenoxy) is 1. The van der Waals surface area contributed by atoms with Gasteiger partial charge in [0.1, 0.15) is 5.75 Å². The Balaban J connectivity index is 2.03. The Morgan fingerprint density at radius 2 is 2.17 bits per heavy atom. The molecule has 0 atom stereocenters. The monoisotopic (exact) mass is 242 g/mol. The number of nitrogens with one attached hydrogen (secondary N) is 1. The van der Waals surface area contributed by atoms with Gasteiger partial charge in [-0.3, -0.25) is 0 Å². The number of rotatable bonds is 3. The Bertz CT molecular complexity index is 646. The van der Waals surface area contributed by atoms with Crippen LogP contribution in [0.2, 0.25) is 0 Å². The maximum atomic E-state index is 5.25. The van der Waals surface area contributed by atoms with Gasteiger partial charge in [0, 0.05) is 12.4 Å². The number of hydrogen-bond donors (Lipinski definition) is 1. The number of imidazole rings is 1. The van der Waals surface area contributed by atoms with Gasteiger partial charge in [0.05, 0.1) is 12.7 Å². The second kappa shape index (κ2) is 4.33. The fourth-order valence-corrected chi connectivity index (χ4v) is 1.64. The molecule has 3 aromatic rings. The molecule has 1 N–H and O–H groups in total. The van der Waals surface area contributed by atoms with E-state index < -0.39 is 0 Å². The lowest BCUT2D eigenvalue weighted by molar-refractivity contribution is 0.405. The van der Waals surface area contributed by atoms with E-state index in [0.29, 0.717) is 23.3 Å². The molecule has 6 nitrogen and oxygen atoms in total. The van der Waals surface area contributed by atoms with Crippen molar-refractivity contribution in [3.63, 3.8) is 0 Å². The van der Waals surface area contributed by atoms with Gasteiger partial charge in [0.15, 0.2) is 5.82 Å². The SMILES string of the molecule is COc1ccccc1-c1nc(-c2ncc[nH]2)no1. The van der Waals surface area contributed by atoms with E-state index in [1.165, 1.54) is 0 Å². The van der Waals surface area contributed by atoms with Crippen molar-refractivity contribution >= 4 is 0 Å². The van der Waals surface area contributed by atoms with E-state index in [-0.39, 0.29) is 0 Å². The first-order valence-corrected chi connectivity index (χ1v) is 5.35. The summed E-state index contributed by atoms with van der Waals surface area (Å²) in [6, 6.07) is 7.46.